The summed E-state index contributed by atoms with van der Waals surface area (Å²) in [6, 6.07) is 11.9. The lowest BCUT2D eigenvalue weighted by Gasteiger charge is -2.09. The molecular weight excluding hydrogens is 434 g/mol. The van der Waals surface area contributed by atoms with Gasteiger partial charge >= 0.3 is 0 Å². The first-order valence-corrected chi connectivity index (χ1v) is 8.97. The summed E-state index contributed by atoms with van der Waals surface area (Å²) in [5, 5.41) is 14.6. The maximum atomic E-state index is 13.7. The average molecular weight is 445 g/mol. The number of nitrogens with zero attached hydrogens (tertiary/aromatic N) is 3. The summed E-state index contributed by atoms with van der Waals surface area (Å²) in [5.74, 6) is -7.12. The highest BCUT2D eigenvalue weighted by Crippen LogP contribution is 2.28. The van der Waals surface area contributed by atoms with Gasteiger partial charge in [0.05, 0.1) is 4.92 Å². The number of hydrogen-bond acceptors (Lipinski definition) is 6. The minimum atomic E-state index is -1.62. The number of aromatic nitrogens is 2. The van der Waals surface area contributed by atoms with Gasteiger partial charge in [-0.15, -0.1) is 0 Å². The van der Waals surface area contributed by atoms with Crippen molar-refractivity contribution in [2.75, 3.05) is 0 Å². The molecule has 11 heteroatoms. The zero-order valence-corrected chi connectivity index (χ0v) is 15.9. The summed E-state index contributed by atoms with van der Waals surface area (Å²) in [5.41, 5.74) is 1.41. The molecule has 0 N–H and O–H groups in total. The van der Waals surface area contributed by atoms with Gasteiger partial charge < -0.3 is 9.26 Å². The fourth-order valence-electron chi connectivity index (χ4n) is 2.77. The Kier molecular flexibility index (Phi) is 5.54. The van der Waals surface area contributed by atoms with E-state index >= 15 is 0 Å². The van der Waals surface area contributed by atoms with E-state index in [1.54, 1.807) is 12.1 Å². The van der Waals surface area contributed by atoms with E-state index in [0.717, 1.165) is 0 Å². The fourth-order valence-corrected chi connectivity index (χ4v) is 2.77. The normalized spacial score (nSPS) is 10.9. The van der Waals surface area contributed by atoms with Crippen molar-refractivity contribution < 1.29 is 31.7 Å². The standard InChI is InChI=1S/C21H11F4N3O4/c22-15-9-16(23)18(25)19(17(15)24)31-10-11-1-3-13(4-2-11)21-26-20(27-32-21)12-5-7-14(8-6-12)28(29)30/h1-9H,10H2. The van der Waals surface area contributed by atoms with E-state index in [1.165, 1.54) is 36.4 Å². The molecule has 0 saturated carbocycles. The first kappa shape index (κ1) is 21.0. The van der Waals surface area contributed by atoms with Gasteiger partial charge in [0.15, 0.2) is 17.4 Å². The van der Waals surface area contributed by atoms with Crippen LogP contribution in [0.15, 0.2) is 59.1 Å². The van der Waals surface area contributed by atoms with Crippen molar-refractivity contribution in [2.45, 2.75) is 6.61 Å². The number of hydrogen-bond donors (Lipinski definition) is 0. The van der Waals surface area contributed by atoms with Crippen LogP contribution in [0.2, 0.25) is 0 Å². The molecule has 0 bridgehead atoms. The van der Waals surface area contributed by atoms with Gasteiger partial charge in [-0.05, 0) is 29.8 Å². The van der Waals surface area contributed by atoms with E-state index in [0.29, 0.717) is 16.7 Å². The molecule has 0 atom stereocenters. The number of rotatable bonds is 6. The van der Waals surface area contributed by atoms with Crippen molar-refractivity contribution in [3.05, 3.63) is 93.5 Å². The average Bonchev–Trinajstić information content (AvgIpc) is 3.28. The van der Waals surface area contributed by atoms with Gasteiger partial charge in [0.25, 0.3) is 11.6 Å². The van der Waals surface area contributed by atoms with E-state index in [2.05, 4.69) is 10.1 Å². The number of ether oxygens (including phenoxy) is 1. The monoisotopic (exact) mass is 445 g/mol. The summed E-state index contributed by atoms with van der Waals surface area (Å²) >= 11 is 0. The van der Waals surface area contributed by atoms with Crippen molar-refractivity contribution in [1.82, 2.24) is 10.1 Å². The number of nitro groups is 1. The highest BCUT2D eigenvalue weighted by molar-refractivity contribution is 5.61. The molecule has 0 aliphatic carbocycles. The number of non-ortho nitro benzene ring substituents is 1. The Morgan fingerprint density at radius 1 is 0.906 bits per heavy atom. The molecule has 4 rings (SSSR count). The molecule has 1 aromatic heterocycles. The second-order valence-corrected chi connectivity index (χ2v) is 6.51. The molecule has 0 unspecified atom stereocenters. The molecule has 162 valence electrons. The second-order valence-electron chi connectivity index (χ2n) is 6.51. The summed E-state index contributed by atoms with van der Waals surface area (Å²) in [4.78, 5) is 14.4. The van der Waals surface area contributed by atoms with Gasteiger partial charge in [0.1, 0.15) is 6.61 Å². The highest BCUT2D eigenvalue weighted by atomic mass is 19.2. The summed E-state index contributed by atoms with van der Waals surface area (Å²) in [6.45, 7) is -0.352. The third-order valence-corrected chi connectivity index (χ3v) is 4.42. The maximum Gasteiger partial charge on any atom is 0.269 e. The van der Waals surface area contributed by atoms with Gasteiger partial charge in [-0.3, -0.25) is 10.1 Å². The van der Waals surface area contributed by atoms with Crippen LogP contribution in [0.25, 0.3) is 22.8 Å². The zero-order valence-electron chi connectivity index (χ0n) is 15.9. The van der Waals surface area contributed by atoms with Crippen LogP contribution in [0.4, 0.5) is 23.2 Å². The third-order valence-electron chi connectivity index (χ3n) is 4.42. The highest BCUT2D eigenvalue weighted by Gasteiger charge is 2.20. The molecule has 0 aliphatic rings. The van der Waals surface area contributed by atoms with Crippen molar-refractivity contribution in [3.63, 3.8) is 0 Å². The predicted molar refractivity (Wildman–Crippen MR) is 102 cm³/mol. The SMILES string of the molecule is O=[N+]([O-])c1ccc(-c2noc(-c3ccc(COc4c(F)c(F)cc(F)c4F)cc3)n2)cc1. The van der Waals surface area contributed by atoms with Gasteiger partial charge in [0, 0.05) is 29.3 Å². The Morgan fingerprint density at radius 3 is 2.09 bits per heavy atom. The fraction of sp³-hybridized carbons (Fsp3) is 0.0476. The van der Waals surface area contributed by atoms with E-state index < -0.39 is 33.9 Å². The molecule has 0 spiro atoms. The number of benzene rings is 3. The molecule has 0 fully saturated rings. The smallest absolute Gasteiger partial charge is 0.269 e. The van der Waals surface area contributed by atoms with Crippen molar-refractivity contribution >= 4 is 5.69 Å². The molecule has 7 nitrogen and oxygen atoms in total. The molecule has 3 aromatic carbocycles. The van der Waals surface area contributed by atoms with Crippen molar-refractivity contribution in [3.8, 4) is 28.6 Å². The number of nitro benzene ring substituents is 1. The van der Waals surface area contributed by atoms with Crippen LogP contribution in [0.5, 0.6) is 5.75 Å². The first-order chi connectivity index (χ1) is 15.3. The summed E-state index contributed by atoms with van der Waals surface area (Å²) in [6.07, 6.45) is 0. The number of halogens is 4. The lowest BCUT2D eigenvalue weighted by atomic mass is 10.1. The van der Waals surface area contributed by atoms with Crippen LogP contribution in [-0.2, 0) is 6.61 Å². The summed E-state index contributed by atoms with van der Waals surface area (Å²) < 4.78 is 64.0. The second kappa shape index (κ2) is 8.46. The molecule has 32 heavy (non-hydrogen) atoms. The maximum absolute atomic E-state index is 13.7. The quantitative estimate of drug-likeness (QED) is 0.170. The van der Waals surface area contributed by atoms with E-state index in [-0.39, 0.29) is 30.1 Å². The topological polar surface area (TPSA) is 91.3 Å². The Bertz CT molecular complexity index is 1270. The molecule has 1 heterocycles. The van der Waals surface area contributed by atoms with Crippen LogP contribution < -0.4 is 4.74 Å². The molecule has 4 aromatic rings. The van der Waals surface area contributed by atoms with Crippen molar-refractivity contribution in [1.29, 1.82) is 0 Å². The van der Waals surface area contributed by atoms with Crippen molar-refractivity contribution in [2.24, 2.45) is 0 Å². The Hall–Kier alpha value is -4.28. The Morgan fingerprint density at radius 2 is 1.50 bits per heavy atom. The van der Waals surface area contributed by atoms with Crippen LogP contribution in [0.1, 0.15) is 5.56 Å². The Balaban J connectivity index is 1.47. The van der Waals surface area contributed by atoms with Gasteiger partial charge in [-0.2, -0.15) is 13.8 Å². The zero-order chi connectivity index (χ0) is 22.8. The lowest BCUT2D eigenvalue weighted by molar-refractivity contribution is -0.384. The van der Waals surface area contributed by atoms with Gasteiger partial charge in [0.2, 0.25) is 17.5 Å². The lowest BCUT2D eigenvalue weighted by Crippen LogP contribution is -2.03. The minimum absolute atomic E-state index is 0.0731. The molecule has 0 aliphatic heterocycles. The minimum Gasteiger partial charge on any atom is -0.483 e. The van der Waals surface area contributed by atoms with Crippen LogP contribution in [-0.4, -0.2) is 15.1 Å². The van der Waals surface area contributed by atoms with Gasteiger partial charge in [-0.1, -0.05) is 17.3 Å². The van der Waals surface area contributed by atoms with Gasteiger partial charge in [-0.25, -0.2) is 8.78 Å². The van der Waals surface area contributed by atoms with E-state index in [4.69, 9.17) is 9.26 Å². The van der Waals surface area contributed by atoms with Crippen LogP contribution in [0.3, 0.4) is 0 Å². The van der Waals surface area contributed by atoms with E-state index in [1.807, 2.05) is 0 Å². The van der Waals surface area contributed by atoms with Crippen LogP contribution in [0, 0.1) is 33.4 Å². The molecular formula is C21H11F4N3O4. The first-order valence-electron chi connectivity index (χ1n) is 8.97. The largest absolute Gasteiger partial charge is 0.483 e. The molecule has 0 saturated heterocycles. The Labute approximate surface area is 177 Å². The van der Waals surface area contributed by atoms with E-state index in [9.17, 15) is 27.7 Å². The van der Waals surface area contributed by atoms with Crippen LogP contribution >= 0.6 is 0 Å². The third kappa shape index (κ3) is 4.13. The molecule has 0 radical (unpaired) electrons. The summed E-state index contributed by atoms with van der Waals surface area (Å²) in [7, 11) is 0. The molecule has 0 amide bonds. The predicted octanol–water partition coefficient (Wildman–Crippen LogP) is 5.45.